The van der Waals surface area contributed by atoms with E-state index in [4.69, 9.17) is 0 Å². The van der Waals surface area contributed by atoms with E-state index in [9.17, 15) is 4.79 Å². The van der Waals surface area contributed by atoms with Crippen LogP contribution in [-0.4, -0.2) is 11.7 Å². The van der Waals surface area contributed by atoms with Crippen LogP contribution in [0.4, 0.5) is 5.69 Å². The summed E-state index contributed by atoms with van der Waals surface area (Å²) in [5, 5.41) is 5.29. The Morgan fingerprint density at radius 3 is 2.43 bits per heavy atom. The van der Waals surface area contributed by atoms with Crippen LogP contribution in [0.1, 0.15) is 0 Å². The number of hydrogen-bond acceptors (Lipinski definition) is 2. The van der Waals surface area contributed by atoms with Gasteiger partial charge in [-0.15, -0.1) is 11.8 Å². The fourth-order valence-corrected chi connectivity index (χ4v) is 3.06. The molecule has 0 bridgehead atoms. The molecule has 0 aliphatic carbocycles. The van der Waals surface area contributed by atoms with Crippen LogP contribution >= 0.6 is 11.8 Å². The van der Waals surface area contributed by atoms with Crippen LogP contribution in [0, 0.1) is 0 Å². The molecule has 0 radical (unpaired) electrons. The smallest absolute Gasteiger partial charge is 0.234 e. The van der Waals surface area contributed by atoms with Crippen LogP contribution in [0.2, 0.25) is 0 Å². The number of carbonyl (C=O) groups excluding carboxylic acids is 1. The first kappa shape index (κ1) is 13.7. The van der Waals surface area contributed by atoms with Crippen molar-refractivity contribution in [3.63, 3.8) is 0 Å². The van der Waals surface area contributed by atoms with E-state index >= 15 is 0 Å². The molecule has 0 saturated carbocycles. The quantitative estimate of drug-likeness (QED) is 0.714. The maximum absolute atomic E-state index is 12.0. The molecular formula is C18H15NOS. The Labute approximate surface area is 128 Å². The van der Waals surface area contributed by atoms with Crippen LogP contribution in [0.5, 0.6) is 0 Å². The summed E-state index contributed by atoms with van der Waals surface area (Å²) in [6, 6.07) is 23.9. The van der Waals surface area contributed by atoms with Crippen molar-refractivity contribution < 1.29 is 4.79 Å². The van der Waals surface area contributed by atoms with Crippen molar-refractivity contribution in [3.8, 4) is 0 Å². The summed E-state index contributed by atoms with van der Waals surface area (Å²) in [6.07, 6.45) is 0. The fraction of sp³-hybridized carbons (Fsp3) is 0.0556. The second-order valence-electron chi connectivity index (χ2n) is 4.68. The van der Waals surface area contributed by atoms with Crippen molar-refractivity contribution in [2.45, 2.75) is 4.90 Å². The highest BCUT2D eigenvalue weighted by atomic mass is 32.2. The van der Waals surface area contributed by atoms with Crippen molar-refractivity contribution in [1.29, 1.82) is 0 Å². The van der Waals surface area contributed by atoms with E-state index in [0.717, 1.165) is 10.6 Å². The average Bonchev–Trinajstić information content (AvgIpc) is 2.54. The van der Waals surface area contributed by atoms with Gasteiger partial charge < -0.3 is 5.32 Å². The number of benzene rings is 3. The topological polar surface area (TPSA) is 29.1 Å². The van der Waals surface area contributed by atoms with Gasteiger partial charge in [0.1, 0.15) is 0 Å². The van der Waals surface area contributed by atoms with E-state index in [1.54, 1.807) is 11.8 Å². The number of carbonyl (C=O) groups is 1. The van der Waals surface area contributed by atoms with Crippen molar-refractivity contribution in [3.05, 3.63) is 72.8 Å². The zero-order valence-corrected chi connectivity index (χ0v) is 12.3. The highest BCUT2D eigenvalue weighted by Crippen LogP contribution is 2.27. The van der Waals surface area contributed by atoms with E-state index in [-0.39, 0.29) is 5.91 Å². The van der Waals surface area contributed by atoms with Crippen LogP contribution in [0.25, 0.3) is 10.8 Å². The highest BCUT2D eigenvalue weighted by molar-refractivity contribution is 8.00. The molecule has 104 valence electrons. The number of para-hydroxylation sites is 1. The molecule has 0 aliphatic rings. The third kappa shape index (κ3) is 3.44. The predicted molar refractivity (Wildman–Crippen MR) is 89.7 cm³/mol. The van der Waals surface area contributed by atoms with Gasteiger partial charge in [-0.1, -0.05) is 54.6 Å². The monoisotopic (exact) mass is 293 g/mol. The van der Waals surface area contributed by atoms with Crippen molar-refractivity contribution in [2.24, 2.45) is 0 Å². The van der Waals surface area contributed by atoms with Crippen LogP contribution in [-0.2, 0) is 4.79 Å². The van der Waals surface area contributed by atoms with E-state index in [2.05, 4.69) is 29.6 Å². The number of amides is 1. The Balaban J connectivity index is 1.68. The Morgan fingerprint density at radius 1 is 0.857 bits per heavy atom. The molecule has 0 fully saturated rings. The molecule has 3 aromatic rings. The Morgan fingerprint density at radius 2 is 1.57 bits per heavy atom. The first-order chi connectivity index (χ1) is 10.3. The van der Waals surface area contributed by atoms with Gasteiger partial charge in [-0.05, 0) is 29.0 Å². The lowest BCUT2D eigenvalue weighted by atomic mass is 10.1. The van der Waals surface area contributed by atoms with E-state index in [0.29, 0.717) is 5.75 Å². The van der Waals surface area contributed by atoms with Gasteiger partial charge in [0.05, 0.1) is 5.75 Å². The molecule has 3 aromatic carbocycles. The summed E-state index contributed by atoms with van der Waals surface area (Å²) in [7, 11) is 0. The first-order valence-corrected chi connectivity index (χ1v) is 7.77. The number of rotatable bonds is 4. The third-order valence-electron chi connectivity index (χ3n) is 3.17. The van der Waals surface area contributed by atoms with Gasteiger partial charge in [0.25, 0.3) is 0 Å². The molecule has 21 heavy (non-hydrogen) atoms. The largest absolute Gasteiger partial charge is 0.325 e. The molecule has 0 unspecified atom stereocenters. The van der Waals surface area contributed by atoms with Crippen molar-refractivity contribution >= 4 is 34.1 Å². The maximum atomic E-state index is 12.0. The number of anilines is 1. The molecule has 0 aromatic heterocycles. The minimum absolute atomic E-state index is 0.0131. The fourth-order valence-electron chi connectivity index (χ4n) is 2.18. The van der Waals surface area contributed by atoms with Crippen molar-refractivity contribution in [1.82, 2.24) is 0 Å². The van der Waals surface area contributed by atoms with E-state index in [1.165, 1.54) is 10.8 Å². The molecule has 1 N–H and O–H groups in total. The first-order valence-electron chi connectivity index (χ1n) is 6.78. The van der Waals surface area contributed by atoms with Crippen LogP contribution in [0.15, 0.2) is 77.7 Å². The lowest BCUT2D eigenvalue weighted by Crippen LogP contribution is -2.13. The minimum Gasteiger partial charge on any atom is -0.325 e. The third-order valence-corrected chi connectivity index (χ3v) is 4.24. The maximum Gasteiger partial charge on any atom is 0.234 e. The molecule has 0 atom stereocenters. The molecule has 2 nitrogen and oxygen atoms in total. The van der Waals surface area contributed by atoms with Gasteiger partial charge >= 0.3 is 0 Å². The number of nitrogens with one attached hydrogen (secondary N) is 1. The Hall–Kier alpha value is -2.26. The summed E-state index contributed by atoms with van der Waals surface area (Å²) in [6.45, 7) is 0. The average molecular weight is 293 g/mol. The molecule has 1 amide bonds. The molecule has 0 spiro atoms. The second-order valence-corrected chi connectivity index (χ2v) is 5.70. The van der Waals surface area contributed by atoms with Gasteiger partial charge in [-0.3, -0.25) is 4.79 Å². The summed E-state index contributed by atoms with van der Waals surface area (Å²) < 4.78 is 0. The Kier molecular flexibility index (Phi) is 4.22. The number of fused-ring (bicyclic) bond motifs is 1. The van der Waals surface area contributed by atoms with Gasteiger partial charge in [0.2, 0.25) is 5.91 Å². The number of thioether (sulfide) groups is 1. The lowest BCUT2D eigenvalue weighted by molar-refractivity contribution is -0.113. The van der Waals surface area contributed by atoms with Gasteiger partial charge in [0, 0.05) is 10.6 Å². The normalized spacial score (nSPS) is 10.5. The standard InChI is InChI=1S/C18H15NOS/c20-18(19-15-9-2-1-3-10-15)13-21-17-12-6-8-14-7-4-5-11-16(14)17/h1-12H,13H2,(H,19,20). The van der Waals surface area contributed by atoms with Crippen LogP contribution < -0.4 is 5.32 Å². The zero-order valence-electron chi connectivity index (χ0n) is 11.5. The van der Waals surface area contributed by atoms with Gasteiger partial charge in [0.15, 0.2) is 0 Å². The minimum atomic E-state index is 0.0131. The SMILES string of the molecule is O=C(CSc1cccc2ccccc12)Nc1ccccc1. The molecular weight excluding hydrogens is 278 g/mol. The molecule has 0 heterocycles. The highest BCUT2D eigenvalue weighted by Gasteiger charge is 2.06. The molecule has 0 saturated heterocycles. The summed E-state index contributed by atoms with van der Waals surface area (Å²) in [5.74, 6) is 0.419. The van der Waals surface area contributed by atoms with Gasteiger partial charge in [-0.25, -0.2) is 0 Å². The lowest BCUT2D eigenvalue weighted by Gasteiger charge is -2.07. The number of hydrogen-bond donors (Lipinski definition) is 1. The van der Waals surface area contributed by atoms with Crippen molar-refractivity contribution in [2.75, 3.05) is 11.1 Å². The Bertz CT molecular complexity index is 750. The summed E-state index contributed by atoms with van der Waals surface area (Å²) in [5.41, 5.74) is 0.834. The summed E-state index contributed by atoms with van der Waals surface area (Å²) in [4.78, 5) is 13.1. The predicted octanol–water partition coefficient (Wildman–Crippen LogP) is 4.57. The second kappa shape index (κ2) is 6.46. The zero-order chi connectivity index (χ0) is 14.5. The van der Waals surface area contributed by atoms with E-state index < -0.39 is 0 Å². The van der Waals surface area contributed by atoms with Crippen LogP contribution in [0.3, 0.4) is 0 Å². The molecule has 3 heteroatoms. The molecule has 0 aliphatic heterocycles. The van der Waals surface area contributed by atoms with E-state index in [1.807, 2.05) is 48.5 Å². The summed E-state index contributed by atoms with van der Waals surface area (Å²) >= 11 is 1.57. The molecule has 3 rings (SSSR count). The van der Waals surface area contributed by atoms with Gasteiger partial charge in [-0.2, -0.15) is 0 Å².